The number of benzene rings is 1. The van der Waals surface area contributed by atoms with Crippen LogP contribution in [0.25, 0.3) is 0 Å². The fourth-order valence-electron chi connectivity index (χ4n) is 1.99. The van der Waals surface area contributed by atoms with Gasteiger partial charge in [-0.3, -0.25) is 4.98 Å². The third-order valence-corrected chi connectivity index (χ3v) is 3.56. The number of nitrogens with one attached hydrogen (secondary N) is 1. The van der Waals surface area contributed by atoms with Gasteiger partial charge < -0.3 is 5.32 Å². The lowest BCUT2D eigenvalue weighted by Gasteiger charge is -2.18. The minimum atomic E-state index is 0.201. The van der Waals surface area contributed by atoms with Crippen LogP contribution >= 0.6 is 23.2 Å². The van der Waals surface area contributed by atoms with Crippen molar-refractivity contribution in [3.05, 3.63) is 63.9 Å². The molecule has 1 aromatic heterocycles. The number of pyridine rings is 1. The van der Waals surface area contributed by atoms with Crippen LogP contribution in [0.1, 0.15) is 30.6 Å². The van der Waals surface area contributed by atoms with E-state index in [2.05, 4.69) is 17.2 Å². The minimum absolute atomic E-state index is 0.201. The maximum Gasteiger partial charge on any atom is 0.0541 e. The monoisotopic (exact) mass is 294 g/mol. The van der Waals surface area contributed by atoms with Gasteiger partial charge in [-0.15, -0.1) is 0 Å². The Balaban J connectivity index is 2.08. The summed E-state index contributed by atoms with van der Waals surface area (Å²) in [4.78, 5) is 4.30. The molecule has 1 heterocycles. The van der Waals surface area contributed by atoms with E-state index in [1.165, 1.54) is 0 Å². The predicted molar refractivity (Wildman–Crippen MR) is 80.6 cm³/mol. The van der Waals surface area contributed by atoms with Crippen molar-refractivity contribution in [2.24, 2.45) is 0 Å². The molecule has 0 aliphatic heterocycles. The molecule has 0 aliphatic rings. The molecule has 4 heteroatoms. The summed E-state index contributed by atoms with van der Waals surface area (Å²) in [5.41, 5.74) is 2.09. The first-order chi connectivity index (χ1) is 9.20. The lowest BCUT2D eigenvalue weighted by Crippen LogP contribution is -2.21. The molecular weight excluding hydrogens is 279 g/mol. The highest BCUT2D eigenvalue weighted by Crippen LogP contribution is 2.28. The van der Waals surface area contributed by atoms with Gasteiger partial charge in [-0.2, -0.15) is 0 Å². The average molecular weight is 295 g/mol. The molecule has 0 aliphatic carbocycles. The Bertz CT molecular complexity index is 529. The van der Waals surface area contributed by atoms with Crippen LogP contribution in [0.2, 0.25) is 10.0 Å². The van der Waals surface area contributed by atoms with Gasteiger partial charge in [0.15, 0.2) is 0 Å². The zero-order chi connectivity index (χ0) is 13.7. The van der Waals surface area contributed by atoms with Crippen LogP contribution in [-0.2, 0) is 6.54 Å². The summed E-state index contributed by atoms with van der Waals surface area (Å²) in [6, 6.07) is 11.7. The highest BCUT2D eigenvalue weighted by Gasteiger charge is 2.12. The number of nitrogens with zero attached hydrogens (tertiary/aromatic N) is 1. The summed E-state index contributed by atoms with van der Waals surface area (Å²) < 4.78 is 0. The standard InChI is InChI=1S/C15H16Cl2N2/c1-2-15(13-7-6-11(16)9-14(13)17)19-10-12-5-3-4-8-18-12/h3-9,15,19H,2,10H2,1H3. The Morgan fingerprint density at radius 2 is 2.05 bits per heavy atom. The van der Waals surface area contributed by atoms with Gasteiger partial charge >= 0.3 is 0 Å². The highest BCUT2D eigenvalue weighted by molar-refractivity contribution is 6.35. The molecule has 0 saturated carbocycles. The molecule has 0 saturated heterocycles. The van der Waals surface area contributed by atoms with Gasteiger partial charge in [0.2, 0.25) is 0 Å². The molecule has 1 atom stereocenters. The van der Waals surface area contributed by atoms with E-state index < -0.39 is 0 Å². The van der Waals surface area contributed by atoms with Crippen molar-refractivity contribution in [2.45, 2.75) is 25.9 Å². The number of rotatable bonds is 5. The highest BCUT2D eigenvalue weighted by atomic mass is 35.5. The molecule has 19 heavy (non-hydrogen) atoms. The van der Waals surface area contributed by atoms with E-state index in [4.69, 9.17) is 23.2 Å². The van der Waals surface area contributed by atoms with Gasteiger partial charge in [0.1, 0.15) is 0 Å². The molecule has 0 amide bonds. The van der Waals surface area contributed by atoms with Crippen LogP contribution in [0.15, 0.2) is 42.6 Å². The molecular formula is C15H16Cl2N2. The SMILES string of the molecule is CCC(NCc1ccccn1)c1ccc(Cl)cc1Cl. The average Bonchev–Trinajstić information content (AvgIpc) is 2.42. The van der Waals surface area contributed by atoms with Crippen molar-refractivity contribution in [1.29, 1.82) is 0 Å². The van der Waals surface area contributed by atoms with E-state index in [1.54, 1.807) is 12.3 Å². The quantitative estimate of drug-likeness (QED) is 0.870. The Kier molecular flexibility index (Phi) is 5.20. The molecule has 1 unspecified atom stereocenters. The van der Waals surface area contributed by atoms with Crippen molar-refractivity contribution in [3.63, 3.8) is 0 Å². The van der Waals surface area contributed by atoms with Crippen LogP contribution in [-0.4, -0.2) is 4.98 Å². The molecule has 0 spiro atoms. The molecule has 1 aromatic carbocycles. The van der Waals surface area contributed by atoms with Gasteiger partial charge in [-0.1, -0.05) is 42.3 Å². The van der Waals surface area contributed by atoms with Gasteiger partial charge in [0.05, 0.1) is 5.69 Å². The lowest BCUT2D eigenvalue weighted by atomic mass is 10.0. The normalized spacial score (nSPS) is 12.4. The van der Waals surface area contributed by atoms with Crippen LogP contribution in [0.3, 0.4) is 0 Å². The molecule has 0 radical (unpaired) electrons. The molecule has 2 aromatic rings. The molecule has 2 rings (SSSR count). The van der Waals surface area contributed by atoms with Crippen LogP contribution in [0.5, 0.6) is 0 Å². The molecule has 0 fully saturated rings. The number of hydrogen-bond acceptors (Lipinski definition) is 2. The Morgan fingerprint density at radius 3 is 2.68 bits per heavy atom. The topological polar surface area (TPSA) is 24.9 Å². The summed E-state index contributed by atoms with van der Waals surface area (Å²) in [6.07, 6.45) is 2.75. The van der Waals surface area contributed by atoms with E-state index in [-0.39, 0.29) is 6.04 Å². The summed E-state index contributed by atoms with van der Waals surface area (Å²) >= 11 is 12.2. The molecule has 2 nitrogen and oxygen atoms in total. The van der Waals surface area contributed by atoms with E-state index in [1.807, 2.05) is 30.3 Å². The second-order valence-corrected chi connectivity index (χ2v) is 5.17. The molecule has 0 bridgehead atoms. The first-order valence-corrected chi connectivity index (χ1v) is 7.04. The second-order valence-electron chi connectivity index (χ2n) is 4.33. The van der Waals surface area contributed by atoms with Crippen molar-refractivity contribution in [3.8, 4) is 0 Å². The third kappa shape index (κ3) is 3.93. The zero-order valence-electron chi connectivity index (χ0n) is 10.7. The van der Waals surface area contributed by atoms with Crippen molar-refractivity contribution in [1.82, 2.24) is 10.3 Å². The fourth-order valence-corrected chi connectivity index (χ4v) is 2.53. The van der Waals surface area contributed by atoms with E-state index in [9.17, 15) is 0 Å². The van der Waals surface area contributed by atoms with Crippen LogP contribution in [0.4, 0.5) is 0 Å². The van der Waals surface area contributed by atoms with Gasteiger partial charge in [-0.25, -0.2) is 0 Å². The first kappa shape index (κ1) is 14.3. The van der Waals surface area contributed by atoms with Crippen LogP contribution in [0, 0.1) is 0 Å². The fraction of sp³-hybridized carbons (Fsp3) is 0.267. The maximum atomic E-state index is 6.24. The summed E-state index contributed by atoms with van der Waals surface area (Å²) in [7, 11) is 0. The first-order valence-electron chi connectivity index (χ1n) is 6.29. The zero-order valence-corrected chi connectivity index (χ0v) is 12.2. The number of halogens is 2. The Morgan fingerprint density at radius 1 is 1.21 bits per heavy atom. The Hall–Kier alpha value is -1.09. The predicted octanol–water partition coefficient (Wildman–Crippen LogP) is 4.63. The lowest BCUT2D eigenvalue weighted by molar-refractivity contribution is 0.514. The number of hydrogen-bond donors (Lipinski definition) is 1. The van der Waals surface area contributed by atoms with Crippen LogP contribution < -0.4 is 5.32 Å². The molecule has 1 N–H and O–H groups in total. The van der Waals surface area contributed by atoms with Gasteiger partial charge in [-0.05, 0) is 36.2 Å². The minimum Gasteiger partial charge on any atom is -0.304 e. The third-order valence-electron chi connectivity index (χ3n) is 3.00. The van der Waals surface area contributed by atoms with Crippen molar-refractivity contribution >= 4 is 23.2 Å². The summed E-state index contributed by atoms with van der Waals surface area (Å²) in [5.74, 6) is 0. The van der Waals surface area contributed by atoms with E-state index in [0.29, 0.717) is 10.0 Å². The summed E-state index contributed by atoms with van der Waals surface area (Å²) in [5, 5.41) is 4.83. The van der Waals surface area contributed by atoms with Gasteiger partial charge in [0.25, 0.3) is 0 Å². The molecule has 100 valence electrons. The largest absolute Gasteiger partial charge is 0.304 e. The Labute approximate surface area is 123 Å². The van der Waals surface area contributed by atoms with E-state index in [0.717, 1.165) is 24.2 Å². The van der Waals surface area contributed by atoms with Crippen molar-refractivity contribution < 1.29 is 0 Å². The summed E-state index contributed by atoms with van der Waals surface area (Å²) in [6.45, 7) is 2.85. The maximum absolute atomic E-state index is 6.24. The smallest absolute Gasteiger partial charge is 0.0541 e. The number of aromatic nitrogens is 1. The van der Waals surface area contributed by atoms with E-state index >= 15 is 0 Å². The van der Waals surface area contributed by atoms with Crippen molar-refractivity contribution in [2.75, 3.05) is 0 Å². The van der Waals surface area contributed by atoms with Gasteiger partial charge in [0, 0.05) is 28.8 Å². The second kappa shape index (κ2) is 6.90.